The molecule has 122 valence electrons. The maximum atomic E-state index is 13.4. The van der Waals surface area contributed by atoms with Crippen LogP contribution in [-0.4, -0.2) is 21.0 Å². The molecule has 7 heteroatoms. The van der Waals surface area contributed by atoms with Crippen molar-refractivity contribution in [3.8, 4) is 6.07 Å². The van der Waals surface area contributed by atoms with E-state index in [2.05, 4.69) is 10.3 Å². The Morgan fingerprint density at radius 1 is 1.50 bits per heavy atom. The second-order valence-corrected chi connectivity index (χ2v) is 5.27. The molecule has 0 aliphatic rings. The van der Waals surface area contributed by atoms with E-state index in [0.29, 0.717) is 23.6 Å². The van der Waals surface area contributed by atoms with E-state index in [0.717, 1.165) is 0 Å². The Labute approximate surface area is 138 Å². The summed E-state index contributed by atoms with van der Waals surface area (Å²) in [6, 6.07) is 5.85. The van der Waals surface area contributed by atoms with Crippen molar-refractivity contribution in [2.45, 2.75) is 20.4 Å². The van der Waals surface area contributed by atoms with Gasteiger partial charge in [-0.2, -0.15) is 5.26 Å². The van der Waals surface area contributed by atoms with Crippen LogP contribution in [-0.2, 0) is 6.54 Å². The van der Waals surface area contributed by atoms with Crippen molar-refractivity contribution >= 4 is 17.2 Å². The molecule has 0 saturated carbocycles. The number of Topliss-reactive ketones (excluding diaryl/α,β-unsaturated/α-hetero) is 1. The van der Waals surface area contributed by atoms with Crippen LogP contribution in [0, 0.1) is 22.6 Å². The Kier molecular flexibility index (Phi) is 5.22. The zero-order valence-electron chi connectivity index (χ0n) is 13.3. The summed E-state index contributed by atoms with van der Waals surface area (Å²) < 4.78 is 15.0. The molecule has 0 radical (unpaired) electrons. The van der Waals surface area contributed by atoms with Crippen LogP contribution in [0.1, 0.15) is 29.9 Å². The van der Waals surface area contributed by atoms with Gasteiger partial charge in [0.1, 0.15) is 11.9 Å². The van der Waals surface area contributed by atoms with E-state index in [9.17, 15) is 9.18 Å². The molecule has 2 aromatic rings. The molecule has 0 amide bonds. The minimum Gasteiger partial charge on any atom is -0.357 e. The van der Waals surface area contributed by atoms with Gasteiger partial charge in [0.05, 0.1) is 12.9 Å². The van der Waals surface area contributed by atoms with Gasteiger partial charge in [-0.25, -0.2) is 9.37 Å². The summed E-state index contributed by atoms with van der Waals surface area (Å²) in [6.45, 7) is 3.30. The molecule has 0 saturated heterocycles. The number of benzene rings is 1. The number of carbonyl (C=O) groups excluding carboxylic acids is 1. The van der Waals surface area contributed by atoms with E-state index in [1.165, 1.54) is 31.5 Å². The molecular formula is C17H16FN5O. The summed E-state index contributed by atoms with van der Waals surface area (Å²) in [6.07, 6.45) is 4.68. The molecule has 2 rings (SSSR count). The van der Waals surface area contributed by atoms with Gasteiger partial charge in [-0.1, -0.05) is 0 Å². The van der Waals surface area contributed by atoms with Gasteiger partial charge < -0.3 is 15.3 Å². The molecule has 0 aliphatic heterocycles. The fraction of sp³-hybridized carbons (Fsp3) is 0.176. The lowest BCUT2D eigenvalue weighted by atomic mass is 10.1. The van der Waals surface area contributed by atoms with Gasteiger partial charge in [0, 0.05) is 28.9 Å². The van der Waals surface area contributed by atoms with Gasteiger partial charge in [0.25, 0.3) is 0 Å². The number of anilines is 1. The molecule has 0 bridgehead atoms. The first kappa shape index (κ1) is 17.1. The number of hydrogen-bond donors (Lipinski definition) is 2. The minimum atomic E-state index is -0.493. The molecule has 1 heterocycles. The van der Waals surface area contributed by atoms with E-state index < -0.39 is 5.82 Å². The van der Waals surface area contributed by atoms with E-state index in [4.69, 9.17) is 10.7 Å². The van der Waals surface area contributed by atoms with Crippen LogP contribution in [0.4, 0.5) is 10.1 Å². The van der Waals surface area contributed by atoms with Crippen molar-refractivity contribution < 1.29 is 9.18 Å². The molecule has 1 aromatic carbocycles. The van der Waals surface area contributed by atoms with Crippen LogP contribution in [0.15, 0.2) is 42.5 Å². The number of ketones is 1. The third-order valence-electron chi connectivity index (χ3n) is 3.15. The number of carbonyl (C=O) groups is 1. The lowest BCUT2D eigenvalue weighted by Gasteiger charge is -2.14. The highest BCUT2D eigenvalue weighted by Gasteiger charge is 2.11. The number of nitrogens with one attached hydrogen (secondary N) is 2. The number of imidazole rings is 1. The predicted octanol–water partition coefficient (Wildman–Crippen LogP) is 3.13. The first-order valence-corrected chi connectivity index (χ1v) is 7.14. The zero-order valence-corrected chi connectivity index (χ0v) is 13.3. The highest BCUT2D eigenvalue weighted by Crippen LogP contribution is 2.20. The van der Waals surface area contributed by atoms with Crippen LogP contribution >= 0.6 is 0 Å². The molecule has 2 N–H and O–H groups in total. The summed E-state index contributed by atoms with van der Waals surface area (Å²) in [5, 5.41) is 19.5. The van der Waals surface area contributed by atoms with Gasteiger partial charge >= 0.3 is 0 Å². The predicted molar refractivity (Wildman–Crippen MR) is 88.5 cm³/mol. The van der Waals surface area contributed by atoms with Crippen LogP contribution in [0.25, 0.3) is 0 Å². The smallest absolute Gasteiger partial charge is 0.161 e. The summed E-state index contributed by atoms with van der Waals surface area (Å²) in [5.41, 5.74) is 1.89. The van der Waals surface area contributed by atoms with E-state index >= 15 is 0 Å². The second-order valence-electron chi connectivity index (χ2n) is 5.27. The first-order chi connectivity index (χ1) is 11.4. The Hall–Kier alpha value is -3.27. The van der Waals surface area contributed by atoms with E-state index in [1.807, 2.05) is 6.07 Å². The Balaban J connectivity index is 2.32. The molecule has 6 nitrogen and oxygen atoms in total. The average molecular weight is 325 g/mol. The Morgan fingerprint density at radius 2 is 2.25 bits per heavy atom. The Bertz CT molecular complexity index is 860. The highest BCUT2D eigenvalue weighted by atomic mass is 19.1. The number of hydrogen-bond acceptors (Lipinski definition) is 5. The van der Waals surface area contributed by atoms with Crippen molar-refractivity contribution in [1.82, 2.24) is 9.55 Å². The summed E-state index contributed by atoms with van der Waals surface area (Å²) >= 11 is 0. The molecule has 24 heavy (non-hydrogen) atoms. The molecular weight excluding hydrogens is 309 g/mol. The third kappa shape index (κ3) is 4.36. The number of allylic oxidation sites excluding steroid dienone is 2. The maximum absolute atomic E-state index is 13.4. The molecule has 0 aliphatic carbocycles. The maximum Gasteiger partial charge on any atom is 0.161 e. The molecule has 1 aromatic heterocycles. The summed E-state index contributed by atoms with van der Waals surface area (Å²) in [5.74, 6) is -0.759. The fourth-order valence-electron chi connectivity index (χ4n) is 2.17. The van der Waals surface area contributed by atoms with Crippen molar-refractivity contribution in [3.05, 3.63) is 59.6 Å². The average Bonchev–Trinajstić information content (AvgIpc) is 2.95. The van der Waals surface area contributed by atoms with Crippen LogP contribution < -0.4 is 5.32 Å². The highest BCUT2D eigenvalue weighted by molar-refractivity contribution is 6.00. The standard InChI is InChI=1S/C17H16FN5O/c1-11(20)5-14(8-23-9-15(7-19)21-10-23)22-17-4-3-13(18)6-16(17)12(2)24/h3-6,9-10,20,22H,8H2,1-2H3/b14-5-,20-11?. The fourth-order valence-corrected chi connectivity index (χ4v) is 2.17. The minimum absolute atomic E-state index is 0.229. The number of rotatable bonds is 6. The number of nitrogens with zero attached hydrogens (tertiary/aromatic N) is 3. The van der Waals surface area contributed by atoms with Crippen LogP contribution in [0.5, 0.6) is 0 Å². The quantitative estimate of drug-likeness (QED) is 0.630. The second kappa shape index (κ2) is 7.33. The van der Waals surface area contributed by atoms with Gasteiger partial charge in [-0.05, 0) is 38.1 Å². The monoisotopic (exact) mass is 325 g/mol. The number of nitriles is 1. The van der Waals surface area contributed by atoms with Crippen LogP contribution in [0.2, 0.25) is 0 Å². The topological polar surface area (TPSA) is 94.6 Å². The zero-order chi connectivity index (χ0) is 17.7. The number of aromatic nitrogens is 2. The Morgan fingerprint density at radius 3 is 2.83 bits per heavy atom. The molecule has 0 unspecified atom stereocenters. The van der Waals surface area contributed by atoms with Crippen LogP contribution in [0.3, 0.4) is 0 Å². The molecule has 0 atom stereocenters. The van der Waals surface area contributed by atoms with Crippen molar-refractivity contribution in [2.75, 3.05) is 5.32 Å². The van der Waals surface area contributed by atoms with Gasteiger partial charge in [0.15, 0.2) is 11.5 Å². The van der Waals surface area contributed by atoms with Gasteiger partial charge in [0.2, 0.25) is 0 Å². The van der Waals surface area contributed by atoms with Crippen molar-refractivity contribution in [1.29, 1.82) is 10.7 Å². The van der Waals surface area contributed by atoms with Crippen molar-refractivity contribution in [3.63, 3.8) is 0 Å². The summed E-state index contributed by atoms with van der Waals surface area (Å²) in [7, 11) is 0. The van der Waals surface area contributed by atoms with E-state index in [-0.39, 0.29) is 17.0 Å². The summed E-state index contributed by atoms with van der Waals surface area (Å²) in [4.78, 5) is 15.6. The first-order valence-electron chi connectivity index (χ1n) is 7.14. The molecule has 0 fully saturated rings. The van der Waals surface area contributed by atoms with E-state index in [1.54, 1.807) is 23.8 Å². The lowest BCUT2D eigenvalue weighted by Crippen LogP contribution is -2.11. The largest absolute Gasteiger partial charge is 0.357 e. The normalized spacial score (nSPS) is 11.0. The number of halogens is 1. The third-order valence-corrected chi connectivity index (χ3v) is 3.15. The van der Waals surface area contributed by atoms with Crippen molar-refractivity contribution in [2.24, 2.45) is 0 Å². The molecule has 0 spiro atoms. The van der Waals surface area contributed by atoms with Gasteiger partial charge in [-0.3, -0.25) is 4.79 Å². The SMILES string of the molecule is CC(=N)/C=C(/Cn1cnc(C#N)c1)Nc1ccc(F)cc1C(C)=O. The van der Waals surface area contributed by atoms with Gasteiger partial charge in [-0.15, -0.1) is 0 Å². The lowest BCUT2D eigenvalue weighted by molar-refractivity contribution is 0.101.